The molecule has 2 aromatic rings. The fourth-order valence-electron chi connectivity index (χ4n) is 1.96. The molecule has 0 N–H and O–H groups in total. The summed E-state index contributed by atoms with van der Waals surface area (Å²) in [6.45, 7) is 0. The van der Waals surface area contributed by atoms with E-state index in [1.807, 2.05) is 36.4 Å². The van der Waals surface area contributed by atoms with E-state index in [1.165, 1.54) is 0 Å². The monoisotopic (exact) mass is 347 g/mol. The van der Waals surface area contributed by atoms with E-state index >= 15 is 0 Å². The van der Waals surface area contributed by atoms with Gasteiger partial charge in [0.25, 0.3) is 0 Å². The van der Waals surface area contributed by atoms with E-state index in [4.69, 9.17) is 16.9 Å². The predicted octanol–water partition coefficient (Wildman–Crippen LogP) is 4.40. The Labute approximate surface area is 131 Å². The molecule has 2 nitrogen and oxygen atoms in total. The van der Waals surface area contributed by atoms with Gasteiger partial charge in [-0.3, -0.25) is 4.79 Å². The number of Topliss-reactive ketones (excluding diaryl/α,β-unsaturated/α-hetero) is 1. The number of nitriles is 1. The molecule has 0 saturated heterocycles. The molecule has 0 bridgehead atoms. The second-order valence-electron chi connectivity index (χ2n) is 4.32. The molecule has 20 heavy (non-hydrogen) atoms. The molecule has 0 unspecified atom stereocenters. The van der Waals surface area contributed by atoms with Gasteiger partial charge in [0.1, 0.15) is 0 Å². The molecule has 0 aliphatic heterocycles. The number of ketones is 1. The van der Waals surface area contributed by atoms with Gasteiger partial charge in [-0.05, 0) is 35.7 Å². The normalized spacial score (nSPS) is 11.7. The van der Waals surface area contributed by atoms with E-state index in [2.05, 4.69) is 15.9 Å². The zero-order chi connectivity index (χ0) is 14.5. The average Bonchev–Trinajstić information content (AvgIpc) is 2.47. The van der Waals surface area contributed by atoms with Gasteiger partial charge in [0, 0.05) is 10.6 Å². The van der Waals surface area contributed by atoms with Crippen molar-refractivity contribution in [2.45, 2.75) is 11.2 Å². The number of hydrogen-bond donors (Lipinski definition) is 0. The summed E-state index contributed by atoms with van der Waals surface area (Å²) in [6, 6.07) is 16.8. The van der Waals surface area contributed by atoms with Gasteiger partial charge in [0.05, 0.1) is 6.07 Å². The lowest BCUT2D eigenvalue weighted by Gasteiger charge is -2.10. The zero-order valence-electron chi connectivity index (χ0n) is 10.5. The van der Waals surface area contributed by atoms with Crippen LogP contribution in [-0.4, -0.2) is 10.6 Å². The third-order valence-corrected chi connectivity index (χ3v) is 3.77. The molecule has 0 fully saturated rings. The predicted molar refractivity (Wildman–Crippen MR) is 83.4 cm³/mol. The van der Waals surface area contributed by atoms with Gasteiger partial charge in [-0.15, -0.1) is 0 Å². The van der Waals surface area contributed by atoms with E-state index < -0.39 is 4.83 Å². The number of alkyl halides is 1. The van der Waals surface area contributed by atoms with Crippen molar-refractivity contribution in [3.63, 3.8) is 0 Å². The van der Waals surface area contributed by atoms with Crippen molar-refractivity contribution < 1.29 is 4.79 Å². The van der Waals surface area contributed by atoms with Crippen LogP contribution in [0.15, 0.2) is 48.5 Å². The molecule has 0 aliphatic carbocycles. The van der Waals surface area contributed by atoms with Crippen LogP contribution in [0.25, 0.3) is 0 Å². The molecule has 0 radical (unpaired) electrons. The standard InChI is InChI=1S/C16H11BrClNO/c17-15(10-19)16(20)14-7-6-13(18)9-12(14)8-11-4-2-1-3-5-11/h1-7,9,15H,8H2/t15-/m0/s1. The second-order valence-corrected chi connectivity index (χ2v) is 5.67. The molecule has 100 valence electrons. The molecule has 0 aliphatic rings. The van der Waals surface area contributed by atoms with Crippen LogP contribution in [0.3, 0.4) is 0 Å². The van der Waals surface area contributed by atoms with E-state index in [1.54, 1.807) is 18.2 Å². The Morgan fingerprint density at radius 2 is 1.95 bits per heavy atom. The molecule has 1 atom stereocenters. The maximum atomic E-state index is 12.2. The summed E-state index contributed by atoms with van der Waals surface area (Å²) < 4.78 is 0. The Balaban J connectivity index is 2.39. The summed E-state index contributed by atoms with van der Waals surface area (Å²) >= 11 is 9.09. The van der Waals surface area contributed by atoms with Gasteiger partial charge in [-0.2, -0.15) is 5.26 Å². The van der Waals surface area contributed by atoms with Crippen LogP contribution in [0.1, 0.15) is 21.5 Å². The largest absolute Gasteiger partial charge is 0.292 e. The Morgan fingerprint density at radius 3 is 2.60 bits per heavy atom. The van der Waals surface area contributed by atoms with Crippen LogP contribution in [-0.2, 0) is 6.42 Å². The molecule has 2 rings (SSSR count). The molecule has 2 aromatic carbocycles. The highest BCUT2D eigenvalue weighted by atomic mass is 79.9. The van der Waals surface area contributed by atoms with Gasteiger partial charge in [0.2, 0.25) is 0 Å². The molecule has 0 heterocycles. The van der Waals surface area contributed by atoms with Crippen LogP contribution < -0.4 is 0 Å². The molecular weight excluding hydrogens is 338 g/mol. The smallest absolute Gasteiger partial charge is 0.190 e. The zero-order valence-corrected chi connectivity index (χ0v) is 12.9. The topological polar surface area (TPSA) is 40.9 Å². The molecule has 0 saturated carbocycles. The molecule has 0 amide bonds. The van der Waals surface area contributed by atoms with Gasteiger partial charge in [-0.1, -0.05) is 57.9 Å². The van der Waals surface area contributed by atoms with Crippen molar-refractivity contribution in [2.75, 3.05) is 0 Å². The summed E-state index contributed by atoms with van der Waals surface area (Å²) in [7, 11) is 0. The number of halogens is 2. The summed E-state index contributed by atoms with van der Waals surface area (Å²) in [5, 5.41) is 9.44. The van der Waals surface area contributed by atoms with E-state index in [0.29, 0.717) is 17.0 Å². The number of nitrogens with zero attached hydrogens (tertiary/aromatic N) is 1. The number of carbonyl (C=O) groups excluding carboxylic acids is 1. The molecule has 0 aromatic heterocycles. The summed E-state index contributed by atoms with van der Waals surface area (Å²) in [4.78, 5) is 11.4. The number of carbonyl (C=O) groups is 1. The second kappa shape index (κ2) is 6.69. The lowest BCUT2D eigenvalue weighted by molar-refractivity contribution is 0.100. The van der Waals surface area contributed by atoms with Crippen molar-refractivity contribution in [1.29, 1.82) is 5.26 Å². The highest BCUT2D eigenvalue weighted by molar-refractivity contribution is 9.10. The van der Waals surface area contributed by atoms with Gasteiger partial charge < -0.3 is 0 Å². The van der Waals surface area contributed by atoms with Crippen LogP contribution >= 0.6 is 27.5 Å². The molecule has 4 heteroatoms. The Bertz CT molecular complexity index is 664. The highest BCUT2D eigenvalue weighted by Gasteiger charge is 2.19. The highest BCUT2D eigenvalue weighted by Crippen LogP contribution is 2.22. The first-order valence-corrected chi connectivity index (χ1v) is 7.31. The van der Waals surface area contributed by atoms with Gasteiger partial charge >= 0.3 is 0 Å². The number of benzene rings is 2. The maximum absolute atomic E-state index is 12.2. The third-order valence-electron chi connectivity index (χ3n) is 2.91. The van der Waals surface area contributed by atoms with E-state index in [0.717, 1.165) is 11.1 Å². The molecule has 0 spiro atoms. The van der Waals surface area contributed by atoms with Crippen molar-refractivity contribution in [2.24, 2.45) is 0 Å². The minimum atomic E-state index is -0.835. The lowest BCUT2D eigenvalue weighted by atomic mass is 9.96. The average molecular weight is 349 g/mol. The van der Waals surface area contributed by atoms with Crippen molar-refractivity contribution in [1.82, 2.24) is 0 Å². The summed E-state index contributed by atoms with van der Waals surface area (Å²) in [5.74, 6) is -0.241. The Hall–Kier alpha value is -1.63. The number of rotatable bonds is 4. The SMILES string of the molecule is N#C[C@H](Br)C(=O)c1ccc(Cl)cc1Cc1ccccc1. The lowest BCUT2D eigenvalue weighted by Crippen LogP contribution is -2.14. The first-order valence-electron chi connectivity index (χ1n) is 6.02. The Morgan fingerprint density at radius 1 is 1.25 bits per heavy atom. The van der Waals surface area contributed by atoms with Gasteiger partial charge in [-0.25, -0.2) is 0 Å². The van der Waals surface area contributed by atoms with Crippen molar-refractivity contribution in [3.05, 3.63) is 70.2 Å². The first-order chi connectivity index (χ1) is 9.61. The van der Waals surface area contributed by atoms with Crippen LogP contribution in [0.5, 0.6) is 0 Å². The third kappa shape index (κ3) is 3.47. The summed E-state index contributed by atoms with van der Waals surface area (Å²) in [5.41, 5.74) is 2.45. The fourth-order valence-corrected chi connectivity index (χ4v) is 2.40. The first kappa shape index (κ1) is 14.8. The maximum Gasteiger partial charge on any atom is 0.190 e. The Kier molecular flexibility index (Phi) is 4.94. The minimum Gasteiger partial charge on any atom is -0.292 e. The van der Waals surface area contributed by atoms with Crippen LogP contribution in [0.2, 0.25) is 5.02 Å². The van der Waals surface area contributed by atoms with Crippen molar-refractivity contribution in [3.8, 4) is 6.07 Å². The van der Waals surface area contributed by atoms with E-state index in [9.17, 15) is 4.79 Å². The fraction of sp³-hybridized carbons (Fsp3) is 0.125. The van der Waals surface area contributed by atoms with Gasteiger partial charge in [0.15, 0.2) is 10.6 Å². The van der Waals surface area contributed by atoms with E-state index in [-0.39, 0.29) is 5.78 Å². The van der Waals surface area contributed by atoms with Crippen LogP contribution in [0.4, 0.5) is 0 Å². The number of hydrogen-bond acceptors (Lipinski definition) is 2. The van der Waals surface area contributed by atoms with Crippen LogP contribution in [0, 0.1) is 11.3 Å². The summed E-state index contributed by atoms with van der Waals surface area (Å²) in [6.07, 6.45) is 0.605. The van der Waals surface area contributed by atoms with Crippen molar-refractivity contribution >= 4 is 33.3 Å². The molecular formula is C16H11BrClNO. The minimum absolute atomic E-state index is 0.241. The quantitative estimate of drug-likeness (QED) is 0.607.